The third kappa shape index (κ3) is 3.73. The zero-order valence-corrected chi connectivity index (χ0v) is 14.6. The molecule has 124 valence electrons. The number of methoxy groups -OCH3 is 1. The molecule has 3 aromatic rings. The van der Waals surface area contributed by atoms with Crippen LogP contribution in [0, 0.1) is 0 Å². The van der Waals surface area contributed by atoms with Crippen LogP contribution in [0.25, 0.3) is 10.9 Å². The molecule has 0 saturated heterocycles. The molecule has 3 rings (SSSR count). The Hall–Kier alpha value is -2.01. The molecule has 0 fully saturated rings. The molecule has 2 aromatic heterocycles. The molecule has 0 aliphatic heterocycles. The van der Waals surface area contributed by atoms with Gasteiger partial charge in [-0.2, -0.15) is 0 Å². The Morgan fingerprint density at radius 2 is 2.00 bits per heavy atom. The number of rotatable bonds is 6. The van der Waals surface area contributed by atoms with E-state index in [9.17, 15) is 0 Å². The fourth-order valence-electron chi connectivity index (χ4n) is 2.77. The van der Waals surface area contributed by atoms with Crippen molar-refractivity contribution in [2.75, 3.05) is 20.8 Å². The van der Waals surface area contributed by atoms with E-state index in [0.29, 0.717) is 18.2 Å². The fourth-order valence-corrected chi connectivity index (χ4v) is 3.00. The average Bonchev–Trinajstić information content (AvgIpc) is 2.61. The summed E-state index contributed by atoms with van der Waals surface area (Å²) in [6.07, 6.45) is 1.81. The fraction of sp³-hybridized carbons (Fsp3) is 0.263. The first-order valence-corrected chi connectivity index (χ1v) is 8.21. The maximum atomic E-state index is 6.27. The van der Waals surface area contributed by atoms with E-state index >= 15 is 0 Å². The molecule has 0 aliphatic rings. The van der Waals surface area contributed by atoms with Crippen molar-refractivity contribution in [2.24, 2.45) is 0 Å². The molecular formula is C19H20ClN3O. The van der Waals surface area contributed by atoms with E-state index in [2.05, 4.69) is 23.0 Å². The number of ether oxygens (including phenoxy) is 1. The number of fused-ring (bicyclic) bond motifs is 1. The van der Waals surface area contributed by atoms with Crippen molar-refractivity contribution < 1.29 is 4.74 Å². The van der Waals surface area contributed by atoms with Gasteiger partial charge in [0.05, 0.1) is 34.6 Å². The Balaban J connectivity index is 1.84. The van der Waals surface area contributed by atoms with Crippen molar-refractivity contribution in [1.82, 2.24) is 14.9 Å². The summed E-state index contributed by atoms with van der Waals surface area (Å²) in [5, 5.41) is 1.72. The monoisotopic (exact) mass is 341 g/mol. The van der Waals surface area contributed by atoms with E-state index in [4.69, 9.17) is 21.3 Å². The van der Waals surface area contributed by atoms with Crippen LogP contribution < -0.4 is 0 Å². The largest absolute Gasteiger partial charge is 0.383 e. The van der Waals surface area contributed by atoms with E-state index < -0.39 is 0 Å². The van der Waals surface area contributed by atoms with Crippen LogP contribution in [0.2, 0.25) is 5.02 Å². The smallest absolute Gasteiger partial charge is 0.0891 e. The highest BCUT2D eigenvalue weighted by Gasteiger charge is 2.19. The van der Waals surface area contributed by atoms with Gasteiger partial charge in [0, 0.05) is 25.2 Å². The lowest BCUT2D eigenvalue weighted by atomic mass is 10.1. The van der Waals surface area contributed by atoms with Gasteiger partial charge >= 0.3 is 0 Å². The molecule has 1 atom stereocenters. The maximum Gasteiger partial charge on any atom is 0.0891 e. The minimum atomic E-state index is 0.0694. The summed E-state index contributed by atoms with van der Waals surface area (Å²) in [6, 6.07) is 15.9. The predicted octanol–water partition coefficient (Wildman–Crippen LogP) is 4.10. The van der Waals surface area contributed by atoms with E-state index in [0.717, 1.165) is 22.3 Å². The summed E-state index contributed by atoms with van der Waals surface area (Å²) in [6.45, 7) is 1.26. The second-order valence-electron chi connectivity index (χ2n) is 5.76. The molecule has 24 heavy (non-hydrogen) atoms. The van der Waals surface area contributed by atoms with E-state index in [1.165, 1.54) is 0 Å². The average molecular weight is 342 g/mol. The molecule has 0 unspecified atom stereocenters. The lowest BCUT2D eigenvalue weighted by Gasteiger charge is -2.26. The Morgan fingerprint density at radius 3 is 2.75 bits per heavy atom. The summed E-state index contributed by atoms with van der Waals surface area (Å²) in [7, 11) is 3.76. The molecule has 0 saturated carbocycles. The van der Waals surface area contributed by atoms with Crippen LogP contribution in [-0.4, -0.2) is 35.6 Å². The second kappa shape index (κ2) is 7.71. The molecular weight excluding hydrogens is 322 g/mol. The van der Waals surface area contributed by atoms with Crippen LogP contribution in [0.15, 0.2) is 54.7 Å². The van der Waals surface area contributed by atoms with Gasteiger partial charge in [0.1, 0.15) is 0 Å². The highest BCUT2D eigenvalue weighted by Crippen LogP contribution is 2.23. The van der Waals surface area contributed by atoms with Gasteiger partial charge in [-0.05, 0) is 31.3 Å². The Bertz CT molecular complexity index is 810. The highest BCUT2D eigenvalue weighted by molar-refractivity contribution is 6.35. The van der Waals surface area contributed by atoms with Crippen molar-refractivity contribution >= 4 is 22.5 Å². The summed E-state index contributed by atoms with van der Waals surface area (Å²) in [4.78, 5) is 11.4. The SMILES string of the molecule is COC[C@H](c1ccccn1)N(C)Cc1ccc2cccc(Cl)c2n1. The van der Waals surface area contributed by atoms with E-state index in [-0.39, 0.29) is 6.04 Å². The van der Waals surface area contributed by atoms with Crippen molar-refractivity contribution in [2.45, 2.75) is 12.6 Å². The van der Waals surface area contributed by atoms with Crippen LogP contribution in [-0.2, 0) is 11.3 Å². The molecule has 2 heterocycles. The number of para-hydroxylation sites is 1. The lowest BCUT2D eigenvalue weighted by molar-refractivity contribution is 0.0993. The van der Waals surface area contributed by atoms with Crippen LogP contribution >= 0.6 is 11.6 Å². The Kier molecular flexibility index (Phi) is 5.41. The molecule has 0 radical (unpaired) electrons. The second-order valence-corrected chi connectivity index (χ2v) is 6.16. The molecule has 0 aliphatic carbocycles. The molecule has 0 N–H and O–H groups in total. The summed E-state index contributed by atoms with van der Waals surface area (Å²) in [5.41, 5.74) is 2.79. The van der Waals surface area contributed by atoms with Crippen molar-refractivity contribution in [3.63, 3.8) is 0 Å². The van der Waals surface area contributed by atoms with Crippen molar-refractivity contribution in [1.29, 1.82) is 0 Å². The van der Waals surface area contributed by atoms with Crippen LogP contribution in [0.4, 0.5) is 0 Å². The zero-order valence-electron chi connectivity index (χ0n) is 13.8. The van der Waals surface area contributed by atoms with Gasteiger partial charge in [0.2, 0.25) is 0 Å². The normalized spacial score (nSPS) is 12.7. The minimum Gasteiger partial charge on any atom is -0.383 e. The standard InChI is InChI=1S/C19H20ClN3O/c1-23(18(13-24-2)17-8-3-4-11-21-17)12-15-10-9-14-6-5-7-16(20)19(14)22-15/h3-11,18H,12-13H2,1-2H3/t18-/m1/s1. The Labute approximate surface area is 147 Å². The number of benzene rings is 1. The number of halogens is 1. The van der Waals surface area contributed by atoms with E-state index in [1.807, 2.05) is 42.5 Å². The number of likely N-dealkylation sites (N-methyl/N-ethyl adjacent to an activating group) is 1. The van der Waals surface area contributed by atoms with Crippen LogP contribution in [0.3, 0.4) is 0 Å². The first-order chi connectivity index (χ1) is 11.7. The summed E-state index contributed by atoms with van der Waals surface area (Å²) < 4.78 is 5.38. The summed E-state index contributed by atoms with van der Waals surface area (Å²) >= 11 is 6.27. The first-order valence-electron chi connectivity index (χ1n) is 7.83. The third-order valence-electron chi connectivity index (χ3n) is 4.03. The molecule has 0 bridgehead atoms. The van der Waals surface area contributed by atoms with Crippen LogP contribution in [0.5, 0.6) is 0 Å². The topological polar surface area (TPSA) is 38.2 Å². The third-order valence-corrected chi connectivity index (χ3v) is 4.33. The first kappa shape index (κ1) is 16.8. The van der Waals surface area contributed by atoms with Gasteiger partial charge < -0.3 is 4.74 Å². The Morgan fingerprint density at radius 1 is 1.12 bits per heavy atom. The van der Waals surface area contributed by atoms with Crippen LogP contribution in [0.1, 0.15) is 17.4 Å². The zero-order chi connectivity index (χ0) is 16.9. The lowest BCUT2D eigenvalue weighted by Crippen LogP contribution is -2.28. The molecule has 0 amide bonds. The molecule has 1 aromatic carbocycles. The highest BCUT2D eigenvalue weighted by atomic mass is 35.5. The van der Waals surface area contributed by atoms with Gasteiger partial charge in [-0.3, -0.25) is 9.88 Å². The number of aromatic nitrogens is 2. The molecule has 0 spiro atoms. The van der Waals surface area contributed by atoms with Gasteiger partial charge in [-0.15, -0.1) is 0 Å². The van der Waals surface area contributed by atoms with Gasteiger partial charge in [0.15, 0.2) is 0 Å². The summed E-state index contributed by atoms with van der Waals surface area (Å²) in [5.74, 6) is 0. The van der Waals surface area contributed by atoms with Crippen molar-refractivity contribution in [3.8, 4) is 0 Å². The number of pyridine rings is 2. The maximum absolute atomic E-state index is 6.27. The molecule has 4 nitrogen and oxygen atoms in total. The van der Waals surface area contributed by atoms with Gasteiger partial charge in [-0.1, -0.05) is 35.9 Å². The van der Waals surface area contributed by atoms with E-state index in [1.54, 1.807) is 13.3 Å². The number of hydrogen-bond donors (Lipinski definition) is 0. The number of hydrogen-bond acceptors (Lipinski definition) is 4. The van der Waals surface area contributed by atoms with Gasteiger partial charge in [0.25, 0.3) is 0 Å². The van der Waals surface area contributed by atoms with Gasteiger partial charge in [-0.25, -0.2) is 4.98 Å². The predicted molar refractivity (Wildman–Crippen MR) is 97.1 cm³/mol. The van der Waals surface area contributed by atoms with Crippen molar-refractivity contribution in [3.05, 3.63) is 71.1 Å². The molecule has 5 heteroatoms. The number of nitrogens with zero attached hydrogens (tertiary/aromatic N) is 3. The minimum absolute atomic E-state index is 0.0694. The quantitative estimate of drug-likeness (QED) is 0.676.